The number of aryl methyl sites for hydroxylation is 1. The van der Waals surface area contributed by atoms with Gasteiger partial charge in [-0.15, -0.1) is 0 Å². The first-order valence-electron chi connectivity index (χ1n) is 9.40. The van der Waals surface area contributed by atoms with E-state index in [9.17, 15) is 4.79 Å². The zero-order valence-corrected chi connectivity index (χ0v) is 16.4. The van der Waals surface area contributed by atoms with Gasteiger partial charge < -0.3 is 10.5 Å². The molecule has 0 aliphatic heterocycles. The van der Waals surface area contributed by atoms with Crippen molar-refractivity contribution in [2.45, 2.75) is 31.9 Å². The standard InChI is InChI=1S/C24H24ClNO2/c25-22-8-4-7-21(15-22)20-12-9-18(10-13-20)11-14-23(26)16-24(27)28-17-19-5-2-1-3-6-19/h1-10,12-13,15,23H,11,14,16-17,26H2/t23-/m1/s1. The fourth-order valence-electron chi connectivity index (χ4n) is 3.00. The number of benzene rings is 3. The minimum absolute atomic E-state index is 0.212. The first-order valence-corrected chi connectivity index (χ1v) is 9.78. The summed E-state index contributed by atoms with van der Waals surface area (Å²) in [5.41, 5.74) is 10.5. The van der Waals surface area contributed by atoms with Crippen LogP contribution in [-0.4, -0.2) is 12.0 Å². The van der Waals surface area contributed by atoms with E-state index in [0.717, 1.165) is 34.6 Å². The Bertz CT molecular complexity index is 894. The lowest BCUT2D eigenvalue weighted by molar-refractivity contribution is -0.145. The first-order chi connectivity index (χ1) is 13.6. The van der Waals surface area contributed by atoms with Gasteiger partial charge in [-0.3, -0.25) is 4.79 Å². The molecule has 3 aromatic rings. The Hall–Kier alpha value is -2.62. The molecule has 1 atom stereocenters. The Labute approximate surface area is 171 Å². The maximum absolute atomic E-state index is 12.0. The van der Waals surface area contributed by atoms with E-state index in [4.69, 9.17) is 22.1 Å². The molecule has 0 radical (unpaired) electrons. The van der Waals surface area contributed by atoms with Crippen LogP contribution in [0.3, 0.4) is 0 Å². The van der Waals surface area contributed by atoms with Crippen LogP contribution in [0.25, 0.3) is 11.1 Å². The lowest BCUT2D eigenvalue weighted by Crippen LogP contribution is -2.25. The highest BCUT2D eigenvalue weighted by atomic mass is 35.5. The molecule has 0 amide bonds. The Morgan fingerprint density at radius 2 is 1.64 bits per heavy atom. The van der Waals surface area contributed by atoms with Gasteiger partial charge in [-0.1, -0.05) is 78.3 Å². The summed E-state index contributed by atoms with van der Waals surface area (Å²) in [6, 6.07) is 25.6. The Kier molecular flexibility index (Phi) is 7.24. The van der Waals surface area contributed by atoms with Gasteiger partial charge in [0.15, 0.2) is 0 Å². The molecule has 0 saturated heterocycles. The third-order valence-corrected chi connectivity index (χ3v) is 4.82. The molecule has 0 bridgehead atoms. The summed E-state index contributed by atoms with van der Waals surface area (Å²) in [7, 11) is 0. The number of rotatable bonds is 8. The van der Waals surface area contributed by atoms with E-state index in [1.807, 2.05) is 54.6 Å². The molecular formula is C24H24ClNO2. The highest BCUT2D eigenvalue weighted by Crippen LogP contribution is 2.23. The van der Waals surface area contributed by atoms with Crippen molar-refractivity contribution in [3.05, 3.63) is 95.0 Å². The molecule has 2 N–H and O–H groups in total. The second-order valence-corrected chi connectivity index (χ2v) is 7.29. The van der Waals surface area contributed by atoms with Gasteiger partial charge >= 0.3 is 5.97 Å². The zero-order chi connectivity index (χ0) is 19.8. The van der Waals surface area contributed by atoms with E-state index in [-0.39, 0.29) is 25.0 Å². The fourth-order valence-corrected chi connectivity index (χ4v) is 3.19. The van der Waals surface area contributed by atoms with Crippen molar-refractivity contribution in [2.75, 3.05) is 0 Å². The second-order valence-electron chi connectivity index (χ2n) is 6.86. The smallest absolute Gasteiger partial charge is 0.307 e. The number of nitrogens with two attached hydrogens (primary N) is 1. The molecule has 0 heterocycles. The largest absolute Gasteiger partial charge is 0.461 e. The summed E-state index contributed by atoms with van der Waals surface area (Å²) >= 11 is 6.06. The predicted octanol–water partition coefficient (Wildman–Crippen LogP) is 5.40. The zero-order valence-electron chi connectivity index (χ0n) is 15.7. The van der Waals surface area contributed by atoms with Gasteiger partial charge in [0.1, 0.15) is 6.61 Å². The van der Waals surface area contributed by atoms with Gasteiger partial charge in [0.2, 0.25) is 0 Å². The van der Waals surface area contributed by atoms with Crippen molar-refractivity contribution in [1.29, 1.82) is 0 Å². The highest BCUT2D eigenvalue weighted by Gasteiger charge is 2.11. The van der Waals surface area contributed by atoms with Gasteiger partial charge in [0.05, 0.1) is 6.42 Å². The number of halogens is 1. The van der Waals surface area contributed by atoms with Crippen LogP contribution in [0, 0.1) is 0 Å². The molecule has 3 rings (SSSR count). The summed E-state index contributed by atoms with van der Waals surface area (Å²) in [6.45, 7) is 0.289. The van der Waals surface area contributed by atoms with E-state index < -0.39 is 0 Å². The molecule has 3 nitrogen and oxygen atoms in total. The van der Waals surface area contributed by atoms with Gasteiger partial charge in [-0.25, -0.2) is 0 Å². The van der Waals surface area contributed by atoms with Crippen molar-refractivity contribution in [3.8, 4) is 11.1 Å². The van der Waals surface area contributed by atoms with Gasteiger partial charge in [0, 0.05) is 11.1 Å². The van der Waals surface area contributed by atoms with Crippen LogP contribution in [0.15, 0.2) is 78.9 Å². The first kappa shape index (κ1) is 20.1. The molecule has 3 aromatic carbocycles. The summed E-state index contributed by atoms with van der Waals surface area (Å²) in [4.78, 5) is 12.0. The third kappa shape index (κ3) is 6.22. The van der Waals surface area contributed by atoms with E-state index in [1.165, 1.54) is 5.56 Å². The number of hydrogen-bond donors (Lipinski definition) is 1. The molecule has 0 aliphatic rings. The quantitative estimate of drug-likeness (QED) is 0.521. The Balaban J connectivity index is 1.44. The monoisotopic (exact) mass is 393 g/mol. The van der Waals surface area contributed by atoms with Crippen molar-refractivity contribution in [2.24, 2.45) is 5.73 Å². The number of carbonyl (C=O) groups excluding carboxylic acids is 1. The number of carbonyl (C=O) groups is 1. The lowest BCUT2D eigenvalue weighted by Gasteiger charge is -2.12. The van der Waals surface area contributed by atoms with Crippen molar-refractivity contribution in [3.63, 3.8) is 0 Å². The summed E-state index contributed by atoms with van der Waals surface area (Å²) in [6.07, 6.45) is 1.79. The summed E-state index contributed by atoms with van der Waals surface area (Å²) < 4.78 is 5.30. The maximum Gasteiger partial charge on any atom is 0.307 e. The van der Waals surface area contributed by atoms with E-state index in [1.54, 1.807) is 0 Å². The van der Waals surface area contributed by atoms with Crippen LogP contribution in [-0.2, 0) is 22.6 Å². The summed E-state index contributed by atoms with van der Waals surface area (Å²) in [5.74, 6) is -0.257. The number of hydrogen-bond acceptors (Lipinski definition) is 3. The molecule has 4 heteroatoms. The van der Waals surface area contributed by atoms with Gasteiger partial charge in [-0.2, -0.15) is 0 Å². The van der Waals surface area contributed by atoms with E-state index in [2.05, 4.69) is 24.3 Å². The molecule has 0 unspecified atom stereocenters. The van der Waals surface area contributed by atoms with Gasteiger partial charge in [-0.05, 0) is 47.2 Å². The highest BCUT2D eigenvalue weighted by molar-refractivity contribution is 6.30. The van der Waals surface area contributed by atoms with Gasteiger partial charge in [0.25, 0.3) is 0 Å². The normalized spacial score (nSPS) is 11.8. The maximum atomic E-state index is 12.0. The van der Waals surface area contributed by atoms with Crippen molar-refractivity contribution >= 4 is 17.6 Å². The average molecular weight is 394 g/mol. The molecular weight excluding hydrogens is 370 g/mol. The number of ether oxygens (including phenoxy) is 1. The van der Waals surface area contributed by atoms with Crippen LogP contribution in [0.4, 0.5) is 0 Å². The molecule has 28 heavy (non-hydrogen) atoms. The van der Waals surface area contributed by atoms with Crippen LogP contribution in [0.2, 0.25) is 5.02 Å². The van der Waals surface area contributed by atoms with Crippen LogP contribution < -0.4 is 5.73 Å². The lowest BCUT2D eigenvalue weighted by atomic mass is 10.00. The minimum atomic E-state index is -0.257. The summed E-state index contributed by atoms with van der Waals surface area (Å²) in [5, 5.41) is 0.728. The fraction of sp³-hybridized carbons (Fsp3) is 0.208. The van der Waals surface area contributed by atoms with Crippen molar-refractivity contribution in [1.82, 2.24) is 0 Å². The molecule has 144 valence electrons. The molecule has 0 spiro atoms. The number of esters is 1. The minimum Gasteiger partial charge on any atom is -0.461 e. The van der Waals surface area contributed by atoms with E-state index >= 15 is 0 Å². The average Bonchev–Trinajstić information content (AvgIpc) is 2.72. The molecule has 0 saturated carbocycles. The third-order valence-electron chi connectivity index (χ3n) is 4.59. The Morgan fingerprint density at radius 1 is 0.893 bits per heavy atom. The topological polar surface area (TPSA) is 52.3 Å². The van der Waals surface area contributed by atoms with Crippen LogP contribution in [0.1, 0.15) is 24.0 Å². The SMILES string of the molecule is N[C@H](CCc1ccc(-c2cccc(Cl)c2)cc1)CC(=O)OCc1ccccc1. The van der Waals surface area contributed by atoms with Crippen LogP contribution in [0.5, 0.6) is 0 Å². The Morgan fingerprint density at radius 3 is 2.36 bits per heavy atom. The van der Waals surface area contributed by atoms with E-state index in [0.29, 0.717) is 0 Å². The molecule has 0 fully saturated rings. The van der Waals surface area contributed by atoms with Crippen molar-refractivity contribution < 1.29 is 9.53 Å². The molecule has 0 aromatic heterocycles. The molecule has 0 aliphatic carbocycles. The predicted molar refractivity (Wildman–Crippen MR) is 114 cm³/mol. The second kappa shape index (κ2) is 10.1. The van der Waals surface area contributed by atoms with Crippen LogP contribution >= 0.6 is 11.6 Å².